The summed E-state index contributed by atoms with van der Waals surface area (Å²) >= 11 is 0. The number of ether oxygens (including phenoxy) is 1. The lowest BCUT2D eigenvalue weighted by Crippen LogP contribution is -2.21. The molecule has 4 nitrogen and oxygen atoms in total. The minimum Gasteiger partial charge on any atom is -0.495 e. The lowest BCUT2D eigenvalue weighted by molar-refractivity contribution is -0.138. The zero-order valence-electron chi connectivity index (χ0n) is 12.4. The summed E-state index contributed by atoms with van der Waals surface area (Å²) in [6.45, 7) is 3.86. The molecule has 2 rings (SSSR count). The molecule has 4 heteroatoms. The zero-order valence-corrected chi connectivity index (χ0v) is 12.4. The van der Waals surface area contributed by atoms with Crippen molar-refractivity contribution in [3.05, 3.63) is 59.2 Å². The average Bonchev–Trinajstić information content (AvgIpc) is 2.47. The molecule has 0 saturated heterocycles. The maximum absolute atomic E-state index is 11.7. The first-order valence-corrected chi connectivity index (χ1v) is 6.72. The van der Waals surface area contributed by atoms with Crippen LogP contribution in [0.4, 0.5) is 5.69 Å². The third kappa shape index (κ3) is 3.34. The molecule has 0 heterocycles. The van der Waals surface area contributed by atoms with E-state index in [2.05, 4.69) is 5.32 Å². The van der Waals surface area contributed by atoms with E-state index in [9.17, 15) is 9.90 Å². The van der Waals surface area contributed by atoms with E-state index in [0.29, 0.717) is 11.4 Å². The van der Waals surface area contributed by atoms with Crippen molar-refractivity contribution in [3.8, 4) is 5.75 Å². The Morgan fingerprint density at radius 3 is 2.57 bits per heavy atom. The van der Waals surface area contributed by atoms with Crippen molar-refractivity contribution in [3.63, 3.8) is 0 Å². The van der Waals surface area contributed by atoms with Crippen molar-refractivity contribution in [2.45, 2.75) is 19.9 Å². The molecular weight excluding hydrogens is 266 g/mol. The summed E-state index contributed by atoms with van der Waals surface area (Å²) < 4.78 is 5.26. The molecule has 0 amide bonds. The SMILES string of the molecule is COc1ccccc1NC(C(=O)O)c1cc(C)ccc1C. The molecule has 0 fully saturated rings. The van der Waals surface area contributed by atoms with Crippen molar-refractivity contribution in [1.29, 1.82) is 0 Å². The summed E-state index contributed by atoms with van der Waals surface area (Å²) in [7, 11) is 1.56. The number of aliphatic carboxylic acids is 1. The van der Waals surface area contributed by atoms with E-state index < -0.39 is 12.0 Å². The Bertz CT molecular complexity index is 652. The van der Waals surface area contributed by atoms with Gasteiger partial charge in [0.2, 0.25) is 0 Å². The molecule has 2 aromatic carbocycles. The van der Waals surface area contributed by atoms with Gasteiger partial charge in [-0.1, -0.05) is 35.9 Å². The summed E-state index contributed by atoms with van der Waals surface area (Å²) in [6, 6.07) is 12.3. The molecule has 1 atom stereocenters. The monoisotopic (exact) mass is 285 g/mol. The van der Waals surface area contributed by atoms with Gasteiger partial charge in [-0.15, -0.1) is 0 Å². The largest absolute Gasteiger partial charge is 0.495 e. The quantitative estimate of drug-likeness (QED) is 0.882. The van der Waals surface area contributed by atoms with Crippen LogP contribution >= 0.6 is 0 Å². The highest BCUT2D eigenvalue weighted by Gasteiger charge is 2.22. The summed E-state index contributed by atoms with van der Waals surface area (Å²) in [4.78, 5) is 11.7. The number of carboxylic acid groups (broad SMARTS) is 1. The smallest absolute Gasteiger partial charge is 0.330 e. The molecule has 110 valence electrons. The number of carbonyl (C=O) groups is 1. The number of rotatable bonds is 5. The molecule has 21 heavy (non-hydrogen) atoms. The van der Waals surface area contributed by atoms with Crippen molar-refractivity contribution in [1.82, 2.24) is 0 Å². The molecule has 0 aliphatic heterocycles. The summed E-state index contributed by atoms with van der Waals surface area (Å²) in [5.41, 5.74) is 3.39. The van der Waals surface area contributed by atoms with Crippen molar-refractivity contribution >= 4 is 11.7 Å². The second kappa shape index (κ2) is 6.31. The van der Waals surface area contributed by atoms with Crippen molar-refractivity contribution in [2.24, 2.45) is 0 Å². The fourth-order valence-electron chi connectivity index (χ4n) is 2.26. The molecule has 0 radical (unpaired) electrons. The van der Waals surface area contributed by atoms with Gasteiger partial charge in [0.25, 0.3) is 0 Å². The van der Waals surface area contributed by atoms with Gasteiger partial charge >= 0.3 is 5.97 Å². The molecule has 1 unspecified atom stereocenters. The van der Waals surface area contributed by atoms with Crippen LogP contribution in [-0.4, -0.2) is 18.2 Å². The number of para-hydroxylation sites is 2. The van der Waals surface area contributed by atoms with Crippen LogP contribution < -0.4 is 10.1 Å². The van der Waals surface area contributed by atoms with Crippen molar-refractivity contribution in [2.75, 3.05) is 12.4 Å². The van der Waals surface area contributed by atoms with Crippen LogP contribution in [0.3, 0.4) is 0 Å². The van der Waals surface area contributed by atoms with Crippen LogP contribution in [0.15, 0.2) is 42.5 Å². The molecule has 0 spiro atoms. The predicted molar refractivity (Wildman–Crippen MR) is 82.9 cm³/mol. The fourth-order valence-corrected chi connectivity index (χ4v) is 2.26. The van der Waals surface area contributed by atoms with E-state index >= 15 is 0 Å². The zero-order chi connectivity index (χ0) is 15.4. The highest BCUT2D eigenvalue weighted by Crippen LogP contribution is 2.29. The Labute approximate surface area is 124 Å². The number of carboxylic acids is 1. The third-order valence-electron chi connectivity index (χ3n) is 3.40. The maximum atomic E-state index is 11.7. The Balaban J connectivity index is 2.40. The Hall–Kier alpha value is -2.49. The van der Waals surface area contributed by atoms with E-state index in [4.69, 9.17) is 4.74 Å². The molecule has 0 saturated carbocycles. The molecule has 0 aliphatic carbocycles. The number of hydrogen-bond acceptors (Lipinski definition) is 3. The van der Waals surface area contributed by atoms with Gasteiger partial charge in [0.05, 0.1) is 12.8 Å². The standard InChI is InChI=1S/C17H19NO3/c1-11-8-9-12(2)13(10-11)16(17(19)20)18-14-6-4-5-7-15(14)21-3/h4-10,16,18H,1-3H3,(H,19,20). The van der Waals surface area contributed by atoms with Crippen LogP contribution in [0.1, 0.15) is 22.7 Å². The van der Waals surface area contributed by atoms with Gasteiger partial charge in [-0.05, 0) is 37.1 Å². The number of anilines is 1. The third-order valence-corrected chi connectivity index (χ3v) is 3.40. The summed E-state index contributed by atoms with van der Waals surface area (Å²) in [5.74, 6) is -0.302. The molecule has 0 aliphatic rings. The predicted octanol–water partition coefficient (Wildman–Crippen LogP) is 3.55. The van der Waals surface area contributed by atoms with Crippen molar-refractivity contribution < 1.29 is 14.6 Å². The first kappa shape index (κ1) is 14.9. The van der Waals surface area contributed by atoms with Crippen LogP contribution in [0, 0.1) is 13.8 Å². The van der Waals surface area contributed by atoms with E-state index in [1.165, 1.54) is 0 Å². The Kier molecular flexibility index (Phi) is 4.48. The number of nitrogens with one attached hydrogen (secondary N) is 1. The average molecular weight is 285 g/mol. The van der Waals surface area contributed by atoms with Crippen LogP contribution in [0.2, 0.25) is 0 Å². The normalized spacial score (nSPS) is 11.8. The molecule has 2 aromatic rings. The van der Waals surface area contributed by atoms with Gasteiger partial charge in [-0.25, -0.2) is 4.79 Å². The van der Waals surface area contributed by atoms with Crippen LogP contribution in [0.25, 0.3) is 0 Å². The van der Waals surface area contributed by atoms with Gasteiger partial charge in [0.1, 0.15) is 5.75 Å². The Morgan fingerprint density at radius 2 is 1.90 bits per heavy atom. The topological polar surface area (TPSA) is 58.6 Å². The van der Waals surface area contributed by atoms with E-state index in [-0.39, 0.29) is 0 Å². The summed E-state index contributed by atoms with van der Waals surface area (Å²) in [5, 5.41) is 12.6. The summed E-state index contributed by atoms with van der Waals surface area (Å²) in [6.07, 6.45) is 0. The van der Waals surface area contributed by atoms with Gasteiger partial charge in [-0.2, -0.15) is 0 Å². The van der Waals surface area contributed by atoms with Gasteiger partial charge < -0.3 is 15.2 Å². The first-order chi connectivity index (χ1) is 10.0. The van der Waals surface area contributed by atoms with Gasteiger partial charge in [0.15, 0.2) is 6.04 Å². The van der Waals surface area contributed by atoms with Gasteiger partial charge in [-0.3, -0.25) is 0 Å². The first-order valence-electron chi connectivity index (χ1n) is 6.72. The maximum Gasteiger partial charge on any atom is 0.330 e. The minimum absolute atomic E-state index is 0.619. The van der Waals surface area contributed by atoms with Crippen LogP contribution in [0.5, 0.6) is 5.75 Å². The lowest BCUT2D eigenvalue weighted by Gasteiger charge is -2.20. The van der Waals surface area contributed by atoms with E-state index in [1.54, 1.807) is 19.2 Å². The second-order valence-corrected chi connectivity index (χ2v) is 4.98. The van der Waals surface area contributed by atoms with E-state index in [1.807, 2.05) is 44.2 Å². The number of methoxy groups -OCH3 is 1. The second-order valence-electron chi connectivity index (χ2n) is 4.98. The van der Waals surface area contributed by atoms with Gasteiger partial charge in [0, 0.05) is 0 Å². The van der Waals surface area contributed by atoms with E-state index in [0.717, 1.165) is 16.7 Å². The number of aryl methyl sites for hydroxylation is 2. The van der Waals surface area contributed by atoms with Crippen LogP contribution in [-0.2, 0) is 4.79 Å². The number of benzene rings is 2. The fraction of sp³-hybridized carbons (Fsp3) is 0.235. The highest BCUT2D eigenvalue weighted by molar-refractivity contribution is 5.80. The molecular formula is C17H19NO3. The molecule has 2 N–H and O–H groups in total. The molecule has 0 aromatic heterocycles. The minimum atomic E-state index is -0.922. The highest BCUT2D eigenvalue weighted by atomic mass is 16.5. The molecule has 0 bridgehead atoms. The lowest BCUT2D eigenvalue weighted by atomic mass is 9.98. The Morgan fingerprint density at radius 1 is 1.19 bits per heavy atom. The number of hydrogen-bond donors (Lipinski definition) is 2.